The van der Waals surface area contributed by atoms with Crippen molar-refractivity contribution in [3.05, 3.63) is 21.1 Å². The van der Waals surface area contributed by atoms with Crippen LogP contribution in [0, 0.1) is 0 Å². The number of aliphatic hydroxyl groups is 1. The first kappa shape index (κ1) is 14.9. The lowest BCUT2D eigenvalue weighted by Gasteiger charge is -2.12. The fraction of sp³-hybridized carbons (Fsp3) is 0.333. The highest BCUT2D eigenvalue weighted by atomic mass is 79.9. The maximum Gasteiger partial charge on any atom is 0.242 e. The molecule has 5 nitrogen and oxygen atoms in total. The summed E-state index contributed by atoms with van der Waals surface area (Å²) in [5.41, 5.74) is 6.02. The van der Waals surface area contributed by atoms with Gasteiger partial charge in [-0.05, 0) is 50.9 Å². The van der Waals surface area contributed by atoms with Crippen molar-refractivity contribution >= 4 is 47.6 Å². The van der Waals surface area contributed by atoms with E-state index in [1.165, 1.54) is 19.1 Å². The number of hydrogen-bond acceptors (Lipinski definition) is 4. The van der Waals surface area contributed by atoms with E-state index >= 15 is 0 Å². The Labute approximate surface area is 117 Å². The summed E-state index contributed by atoms with van der Waals surface area (Å²) in [6.07, 6.45) is -0.754. The molecule has 8 heteroatoms. The third-order valence-electron chi connectivity index (χ3n) is 1.86. The molecule has 0 aliphatic rings. The average Bonchev–Trinajstić information content (AvgIpc) is 2.12. The van der Waals surface area contributed by atoms with E-state index in [4.69, 9.17) is 10.8 Å². The van der Waals surface area contributed by atoms with Crippen molar-refractivity contribution in [2.24, 2.45) is 0 Å². The van der Waals surface area contributed by atoms with Crippen molar-refractivity contribution < 1.29 is 13.5 Å². The monoisotopic (exact) mass is 386 g/mol. The van der Waals surface area contributed by atoms with Crippen LogP contribution in [0.2, 0.25) is 0 Å². The first-order chi connectivity index (χ1) is 7.74. The molecule has 17 heavy (non-hydrogen) atoms. The molecule has 0 amide bonds. The van der Waals surface area contributed by atoms with Crippen molar-refractivity contribution in [1.29, 1.82) is 0 Å². The lowest BCUT2D eigenvalue weighted by molar-refractivity contribution is 0.198. The number of benzene rings is 1. The highest BCUT2D eigenvalue weighted by Gasteiger charge is 2.21. The molecule has 0 fully saturated rings. The molecule has 0 unspecified atom stereocenters. The average molecular weight is 388 g/mol. The number of nitrogens with two attached hydrogens (primary N) is 1. The minimum Gasteiger partial charge on any atom is -0.399 e. The molecule has 1 rings (SSSR count). The maximum atomic E-state index is 12.0. The van der Waals surface area contributed by atoms with Gasteiger partial charge in [0.2, 0.25) is 10.0 Å². The van der Waals surface area contributed by atoms with E-state index < -0.39 is 16.1 Å². The molecule has 0 saturated heterocycles. The number of nitrogen functional groups attached to an aromatic ring is 1. The molecular formula is C9H12Br2N2O3S. The molecule has 1 aromatic carbocycles. The van der Waals surface area contributed by atoms with E-state index in [2.05, 4.69) is 36.6 Å². The fourth-order valence-electron chi connectivity index (χ4n) is 1.14. The number of halogens is 2. The second-order valence-electron chi connectivity index (χ2n) is 3.51. The van der Waals surface area contributed by atoms with E-state index in [9.17, 15) is 8.42 Å². The summed E-state index contributed by atoms with van der Waals surface area (Å²) in [5.74, 6) is 0. The van der Waals surface area contributed by atoms with Gasteiger partial charge in [0.1, 0.15) is 4.90 Å². The van der Waals surface area contributed by atoms with Crippen molar-refractivity contribution in [2.45, 2.75) is 17.9 Å². The number of nitrogens with one attached hydrogen (secondary N) is 1. The summed E-state index contributed by atoms with van der Waals surface area (Å²) in [6, 6.07) is 3.00. The summed E-state index contributed by atoms with van der Waals surface area (Å²) in [4.78, 5) is 0.0624. The van der Waals surface area contributed by atoms with Crippen LogP contribution in [0.15, 0.2) is 26.0 Å². The molecular weight excluding hydrogens is 376 g/mol. The van der Waals surface area contributed by atoms with E-state index in [0.717, 1.165) is 0 Å². The molecule has 0 saturated carbocycles. The van der Waals surface area contributed by atoms with Gasteiger partial charge in [-0.15, -0.1) is 0 Å². The molecule has 0 heterocycles. The van der Waals surface area contributed by atoms with Crippen molar-refractivity contribution in [3.63, 3.8) is 0 Å². The van der Waals surface area contributed by atoms with Crippen LogP contribution in [0.5, 0.6) is 0 Å². The van der Waals surface area contributed by atoms with Gasteiger partial charge in [-0.1, -0.05) is 0 Å². The van der Waals surface area contributed by atoms with E-state index in [1.807, 2.05) is 0 Å². The zero-order valence-electron chi connectivity index (χ0n) is 8.94. The Morgan fingerprint density at radius 1 is 1.41 bits per heavy atom. The molecule has 4 N–H and O–H groups in total. The van der Waals surface area contributed by atoms with Gasteiger partial charge in [-0.2, -0.15) is 0 Å². The number of rotatable bonds is 4. The summed E-state index contributed by atoms with van der Waals surface area (Å²) in [7, 11) is -3.69. The number of sulfonamides is 1. The van der Waals surface area contributed by atoms with Crippen LogP contribution in [0.3, 0.4) is 0 Å². The Kier molecular flexibility index (Phi) is 4.96. The minimum absolute atomic E-state index is 0.0500. The topological polar surface area (TPSA) is 92.4 Å². The highest BCUT2D eigenvalue weighted by molar-refractivity contribution is 9.11. The van der Waals surface area contributed by atoms with Crippen LogP contribution in [-0.2, 0) is 10.0 Å². The first-order valence-corrected chi connectivity index (χ1v) is 7.73. The molecule has 1 atom stereocenters. The van der Waals surface area contributed by atoms with Gasteiger partial charge in [-0.3, -0.25) is 0 Å². The Morgan fingerprint density at radius 3 is 2.29 bits per heavy atom. The Morgan fingerprint density at radius 2 is 1.88 bits per heavy atom. The second-order valence-corrected chi connectivity index (χ2v) is 6.93. The fourth-order valence-corrected chi connectivity index (χ4v) is 4.88. The van der Waals surface area contributed by atoms with Crippen molar-refractivity contribution in [3.8, 4) is 0 Å². The van der Waals surface area contributed by atoms with Gasteiger partial charge in [0.15, 0.2) is 0 Å². The SMILES string of the molecule is C[C@H](O)CNS(=O)(=O)c1c(Br)cc(N)cc1Br. The lowest BCUT2D eigenvalue weighted by Crippen LogP contribution is -2.31. The predicted octanol–water partition coefficient (Wildman–Crippen LogP) is 1.45. The summed E-state index contributed by atoms with van der Waals surface area (Å²) in [6.45, 7) is 1.45. The van der Waals surface area contributed by atoms with Gasteiger partial charge in [0, 0.05) is 21.2 Å². The highest BCUT2D eigenvalue weighted by Crippen LogP contribution is 2.32. The van der Waals surface area contributed by atoms with E-state index in [0.29, 0.717) is 14.6 Å². The van der Waals surface area contributed by atoms with Crippen LogP contribution in [0.1, 0.15) is 6.92 Å². The minimum atomic E-state index is -3.69. The quantitative estimate of drug-likeness (QED) is 0.681. The number of anilines is 1. The third kappa shape index (κ3) is 3.92. The third-order valence-corrected chi connectivity index (χ3v) is 5.16. The standard InChI is InChI=1S/C9H12Br2N2O3S/c1-5(14)4-13-17(15,16)9-7(10)2-6(12)3-8(9)11/h2-3,5,13-14H,4,12H2,1H3/t5-/m0/s1. The number of aliphatic hydroxyl groups excluding tert-OH is 1. The van der Waals surface area contributed by atoms with E-state index in [1.54, 1.807) is 0 Å². The maximum absolute atomic E-state index is 12.0. The van der Waals surface area contributed by atoms with Gasteiger partial charge in [0.05, 0.1) is 6.10 Å². The summed E-state index contributed by atoms with van der Waals surface area (Å²) < 4.78 is 27.0. The lowest BCUT2D eigenvalue weighted by atomic mass is 10.3. The zero-order chi connectivity index (χ0) is 13.2. The molecule has 0 spiro atoms. The van der Waals surface area contributed by atoms with E-state index in [-0.39, 0.29) is 11.4 Å². The van der Waals surface area contributed by atoms with Crippen LogP contribution in [0.25, 0.3) is 0 Å². The Balaban J connectivity index is 3.16. The van der Waals surface area contributed by atoms with Gasteiger partial charge >= 0.3 is 0 Å². The van der Waals surface area contributed by atoms with Gasteiger partial charge in [0.25, 0.3) is 0 Å². The smallest absolute Gasteiger partial charge is 0.242 e. The summed E-state index contributed by atoms with van der Waals surface area (Å²) in [5, 5.41) is 9.07. The Bertz CT molecular complexity index is 494. The largest absolute Gasteiger partial charge is 0.399 e. The van der Waals surface area contributed by atoms with Crippen LogP contribution in [0.4, 0.5) is 5.69 Å². The van der Waals surface area contributed by atoms with Gasteiger partial charge < -0.3 is 10.8 Å². The molecule has 0 aliphatic heterocycles. The summed E-state index contributed by atoms with van der Waals surface area (Å²) >= 11 is 6.30. The molecule has 0 radical (unpaired) electrons. The molecule has 0 aliphatic carbocycles. The molecule has 0 bridgehead atoms. The van der Waals surface area contributed by atoms with Crippen molar-refractivity contribution in [1.82, 2.24) is 4.72 Å². The van der Waals surface area contributed by atoms with Crippen LogP contribution >= 0.6 is 31.9 Å². The zero-order valence-corrected chi connectivity index (χ0v) is 12.9. The predicted molar refractivity (Wildman–Crippen MR) is 73.1 cm³/mol. The molecule has 0 aromatic heterocycles. The van der Waals surface area contributed by atoms with Crippen LogP contribution < -0.4 is 10.5 Å². The Hall–Kier alpha value is -0.150. The molecule has 1 aromatic rings. The normalized spacial score (nSPS) is 13.6. The van der Waals surface area contributed by atoms with Crippen molar-refractivity contribution in [2.75, 3.05) is 12.3 Å². The first-order valence-electron chi connectivity index (χ1n) is 4.66. The number of hydrogen-bond donors (Lipinski definition) is 3. The van der Waals surface area contributed by atoms with Gasteiger partial charge in [-0.25, -0.2) is 13.1 Å². The molecule has 96 valence electrons. The second kappa shape index (κ2) is 5.66. The van der Waals surface area contributed by atoms with Crippen LogP contribution in [-0.4, -0.2) is 26.2 Å².